The fraction of sp³-hybridized carbons (Fsp3) is 0.950. The maximum atomic E-state index is 6.06. The highest BCUT2D eigenvalue weighted by Crippen LogP contribution is 2.22. The second-order valence-electron chi connectivity index (χ2n) is 7.88. The smallest absolute Gasteiger partial charge is 0.191 e. The van der Waals surface area contributed by atoms with E-state index in [-0.39, 0.29) is 30.1 Å². The van der Waals surface area contributed by atoms with Crippen LogP contribution in [0.3, 0.4) is 0 Å². The lowest BCUT2D eigenvalue weighted by Crippen LogP contribution is -2.47. The van der Waals surface area contributed by atoms with Crippen LogP contribution in [-0.2, 0) is 9.47 Å². The molecule has 0 aromatic heterocycles. The lowest BCUT2D eigenvalue weighted by atomic mass is 10.1. The molecule has 0 aromatic carbocycles. The van der Waals surface area contributed by atoms with E-state index in [0.29, 0.717) is 12.1 Å². The van der Waals surface area contributed by atoms with Gasteiger partial charge in [0, 0.05) is 25.7 Å². The summed E-state index contributed by atoms with van der Waals surface area (Å²) in [6, 6.07) is 0.655. The largest absolute Gasteiger partial charge is 0.376 e. The van der Waals surface area contributed by atoms with Gasteiger partial charge in [0.1, 0.15) is 0 Å². The molecule has 1 saturated carbocycles. The summed E-state index contributed by atoms with van der Waals surface area (Å²) >= 11 is 0. The molecule has 2 N–H and O–H groups in total. The predicted octanol–water partition coefficient (Wildman–Crippen LogP) is 2.76. The van der Waals surface area contributed by atoms with E-state index < -0.39 is 0 Å². The molecule has 7 heteroatoms. The summed E-state index contributed by atoms with van der Waals surface area (Å²) in [4.78, 5) is 7.31. The van der Waals surface area contributed by atoms with Crippen LogP contribution in [0.5, 0.6) is 0 Å². The molecular formula is C20H39IN4O2. The van der Waals surface area contributed by atoms with Crippen molar-refractivity contribution in [3.05, 3.63) is 0 Å². The van der Waals surface area contributed by atoms with Crippen LogP contribution in [0.1, 0.15) is 58.3 Å². The Morgan fingerprint density at radius 3 is 2.70 bits per heavy atom. The van der Waals surface area contributed by atoms with Crippen LogP contribution in [-0.4, -0.2) is 75.0 Å². The van der Waals surface area contributed by atoms with Gasteiger partial charge in [-0.2, -0.15) is 0 Å². The number of ether oxygens (including phenoxy) is 2. The van der Waals surface area contributed by atoms with Gasteiger partial charge < -0.3 is 20.1 Å². The van der Waals surface area contributed by atoms with Crippen LogP contribution in [0.15, 0.2) is 4.99 Å². The standard InChI is InChI=1S/C20H38N4O2.HI/c1-2-21-20(22-11-13-25-18-9-5-3-4-6-10-18)23-14-19-15-24-12-7-8-17(24)16-26-19;/h17-19H,2-16H2,1H3,(H2,21,22,23);1H. The second kappa shape index (κ2) is 13.2. The van der Waals surface area contributed by atoms with Gasteiger partial charge in [0.15, 0.2) is 5.96 Å². The summed E-state index contributed by atoms with van der Waals surface area (Å²) in [6.45, 7) is 8.39. The summed E-state index contributed by atoms with van der Waals surface area (Å²) in [5, 5.41) is 6.74. The third-order valence-corrected chi connectivity index (χ3v) is 5.81. The third-order valence-electron chi connectivity index (χ3n) is 5.81. The van der Waals surface area contributed by atoms with E-state index in [1.54, 1.807) is 0 Å². The van der Waals surface area contributed by atoms with E-state index in [1.165, 1.54) is 57.9 Å². The fourth-order valence-electron chi connectivity index (χ4n) is 4.33. The minimum Gasteiger partial charge on any atom is -0.376 e. The highest BCUT2D eigenvalue weighted by atomic mass is 127. The zero-order valence-electron chi connectivity index (χ0n) is 17.0. The molecule has 2 atom stereocenters. The SMILES string of the molecule is CCNC(=NCC1CN2CCCC2CO1)NCCOC1CCCCCC1.I. The quantitative estimate of drug-likeness (QED) is 0.188. The van der Waals surface area contributed by atoms with E-state index in [9.17, 15) is 0 Å². The Hall–Kier alpha value is -0.120. The second-order valence-corrected chi connectivity index (χ2v) is 7.88. The summed E-state index contributed by atoms with van der Waals surface area (Å²) in [5.41, 5.74) is 0. The normalized spacial score (nSPS) is 27.5. The van der Waals surface area contributed by atoms with E-state index >= 15 is 0 Å². The van der Waals surface area contributed by atoms with Crippen molar-refractivity contribution in [2.24, 2.45) is 4.99 Å². The number of guanidine groups is 1. The molecule has 0 aromatic rings. The van der Waals surface area contributed by atoms with Gasteiger partial charge in [0.25, 0.3) is 0 Å². The van der Waals surface area contributed by atoms with Gasteiger partial charge in [0.2, 0.25) is 0 Å². The molecule has 158 valence electrons. The van der Waals surface area contributed by atoms with Crippen LogP contribution in [0.25, 0.3) is 0 Å². The minimum absolute atomic E-state index is 0. The molecule has 2 aliphatic heterocycles. The number of fused-ring (bicyclic) bond motifs is 1. The highest BCUT2D eigenvalue weighted by molar-refractivity contribution is 14.0. The first kappa shape index (κ1) is 23.2. The number of hydrogen-bond donors (Lipinski definition) is 2. The number of morpholine rings is 1. The monoisotopic (exact) mass is 494 g/mol. The molecule has 2 unspecified atom stereocenters. The van der Waals surface area contributed by atoms with E-state index in [1.807, 2.05) is 0 Å². The molecule has 27 heavy (non-hydrogen) atoms. The Morgan fingerprint density at radius 2 is 1.93 bits per heavy atom. The van der Waals surface area contributed by atoms with Crippen molar-refractivity contribution >= 4 is 29.9 Å². The van der Waals surface area contributed by atoms with E-state index in [0.717, 1.165) is 45.4 Å². The summed E-state index contributed by atoms with van der Waals surface area (Å²) in [7, 11) is 0. The maximum Gasteiger partial charge on any atom is 0.191 e. The van der Waals surface area contributed by atoms with Crippen LogP contribution in [0.4, 0.5) is 0 Å². The number of hydrogen-bond acceptors (Lipinski definition) is 4. The van der Waals surface area contributed by atoms with Crippen molar-refractivity contribution in [3.8, 4) is 0 Å². The van der Waals surface area contributed by atoms with Crippen LogP contribution >= 0.6 is 24.0 Å². The van der Waals surface area contributed by atoms with Gasteiger partial charge >= 0.3 is 0 Å². The molecular weight excluding hydrogens is 455 g/mol. The Morgan fingerprint density at radius 1 is 1.11 bits per heavy atom. The molecule has 3 aliphatic rings. The molecule has 0 bridgehead atoms. The summed E-state index contributed by atoms with van der Waals surface area (Å²) in [6.07, 6.45) is 11.1. The lowest BCUT2D eigenvalue weighted by molar-refractivity contribution is -0.0432. The lowest BCUT2D eigenvalue weighted by Gasteiger charge is -2.34. The van der Waals surface area contributed by atoms with Crippen molar-refractivity contribution in [1.82, 2.24) is 15.5 Å². The van der Waals surface area contributed by atoms with Crippen molar-refractivity contribution in [2.75, 3.05) is 45.9 Å². The topological polar surface area (TPSA) is 58.1 Å². The van der Waals surface area contributed by atoms with Gasteiger partial charge in [-0.3, -0.25) is 9.89 Å². The Balaban J connectivity index is 0.00000261. The van der Waals surface area contributed by atoms with Crippen molar-refractivity contribution < 1.29 is 9.47 Å². The first-order valence-corrected chi connectivity index (χ1v) is 10.8. The highest BCUT2D eigenvalue weighted by Gasteiger charge is 2.31. The Labute approximate surface area is 182 Å². The molecule has 0 spiro atoms. The summed E-state index contributed by atoms with van der Waals surface area (Å²) < 4.78 is 12.1. The van der Waals surface area contributed by atoms with Gasteiger partial charge in [-0.25, -0.2) is 0 Å². The summed E-state index contributed by atoms with van der Waals surface area (Å²) in [5.74, 6) is 0.879. The molecule has 2 saturated heterocycles. The Bertz CT molecular complexity index is 430. The zero-order valence-corrected chi connectivity index (χ0v) is 19.3. The molecule has 3 fully saturated rings. The first-order chi connectivity index (χ1) is 12.8. The van der Waals surface area contributed by atoms with Gasteiger partial charge in [-0.15, -0.1) is 24.0 Å². The average Bonchev–Trinajstić information content (AvgIpc) is 2.97. The number of nitrogens with zero attached hydrogens (tertiary/aromatic N) is 2. The van der Waals surface area contributed by atoms with Crippen LogP contribution < -0.4 is 10.6 Å². The molecule has 3 rings (SSSR count). The number of aliphatic imine (C=N–C) groups is 1. The van der Waals surface area contributed by atoms with Gasteiger partial charge in [-0.05, 0) is 39.2 Å². The maximum absolute atomic E-state index is 6.06. The van der Waals surface area contributed by atoms with E-state index in [4.69, 9.17) is 14.5 Å². The molecule has 0 amide bonds. The first-order valence-electron chi connectivity index (χ1n) is 10.8. The predicted molar refractivity (Wildman–Crippen MR) is 121 cm³/mol. The Kier molecular flexibility index (Phi) is 11.3. The average molecular weight is 494 g/mol. The van der Waals surface area contributed by atoms with Gasteiger partial charge in [-0.1, -0.05) is 25.7 Å². The van der Waals surface area contributed by atoms with Crippen molar-refractivity contribution in [3.63, 3.8) is 0 Å². The molecule has 1 aliphatic carbocycles. The zero-order chi connectivity index (χ0) is 18.0. The van der Waals surface area contributed by atoms with Crippen LogP contribution in [0, 0.1) is 0 Å². The van der Waals surface area contributed by atoms with Crippen molar-refractivity contribution in [2.45, 2.75) is 76.5 Å². The molecule has 0 radical (unpaired) electrons. The van der Waals surface area contributed by atoms with Gasteiger partial charge in [0.05, 0.1) is 32.0 Å². The number of nitrogens with one attached hydrogen (secondary N) is 2. The fourth-order valence-corrected chi connectivity index (χ4v) is 4.33. The third kappa shape index (κ3) is 8.03. The number of rotatable bonds is 7. The van der Waals surface area contributed by atoms with Crippen molar-refractivity contribution in [1.29, 1.82) is 0 Å². The minimum atomic E-state index is 0. The van der Waals surface area contributed by atoms with E-state index in [2.05, 4.69) is 22.5 Å². The molecule has 6 nitrogen and oxygen atoms in total. The number of halogens is 1. The van der Waals surface area contributed by atoms with Crippen LogP contribution in [0.2, 0.25) is 0 Å². The molecule has 2 heterocycles.